The highest BCUT2D eigenvalue weighted by Gasteiger charge is 2.32. The van der Waals surface area contributed by atoms with Crippen LogP contribution in [0.5, 0.6) is 0 Å². The lowest BCUT2D eigenvalue weighted by molar-refractivity contribution is -0.137. The first-order chi connectivity index (χ1) is 20.9. The van der Waals surface area contributed by atoms with Gasteiger partial charge in [-0.2, -0.15) is 18.2 Å². The van der Waals surface area contributed by atoms with E-state index in [-0.39, 0.29) is 16.8 Å². The highest BCUT2D eigenvalue weighted by atomic mass is 19.4. The number of fused-ring (bicyclic) bond motifs is 1. The predicted molar refractivity (Wildman–Crippen MR) is 158 cm³/mol. The van der Waals surface area contributed by atoms with Gasteiger partial charge in [0.2, 0.25) is 5.43 Å². The fourth-order valence-corrected chi connectivity index (χ4v) is 5.56. The smallest absolute Gasteiger partial charge is 0.378 e. The number of morpholine rings is 1. The summed E-state index contributed by atoms with van der Waals surface area (Å²) in [4.78, 5) is 20.3. The topological polar surface area (TPSA) is 73.4 Å². The third-order valence-corrected chi connectivity index (χ3v) is 8.30. The van der Waals surface area contributed by atoms with Gasteiger partial charge in [0.25, 0.3) is 5.89 Å². The van der Waals surface area contributed by atoms with Gasteiger partial charge in [-0.05, 0) is 56.2 Å². The van der Waals surface area contributed by atoms with Crippen LogP contribution in [-0.2, 0) is 16.3 Å². The van der Waals surface area contributed by atoms with Crippen molar-refractivity contribution in [3.05, 3.63) is 111 Å². The minimum Gasteiger partial charge on any atom is -0.378 e. The number of aromatic nitrogens is 3. The Kier molecular flexibility index (Phi) is 7.53. The number of benzene rings is 3. The van der Waals surface area contributed by atoms with Gasteiger partial charge in [0.05, 0.1) is 41.4 Å². The molecule has 1 unspecified atom stereocenters. The van der Waals surface area contributed by atoms with Crippen molar-refractivity contribution in [2.45, 2.75) is 38.4 Å². The van der Waals surface area contributed by atoms with E-state index in [2.05, 4.69) is 10.1 Å². The maximum Gasteiger partial charge on any atom is 0.416 e. The van der Waals surface area contributed by atoms with Crippen molar-refractivity contribution >= 4 is 16.6 Å². The molecular formula is C33H30F4N4O3. The van der Waals surface area contributed by atoms with Crippen molar-refractivity contribution in [3.63, 3.8) is 0 Å². The molecule has 1 aliphatic rings. The predicted octanol–water partition coefficient (Wildman–Crippen LogP) is 6.98. The van der Waals surface area contributed by atoms with Crippen molar-refractivity contribution in [1.82, 2.24) is 14.7 Å². The highest BCUT2D eigenvalue weighted by Crippen LogP contribution is 2.35. The number of hydrogen-bond acceptors (Lipinski definition) is 6. The fraction of sp³-hybridized carbons (Fsp3) is 0.303. The Balaban J connectivity index is 1.51. The van der Waals surface area contributed by atoms with Gasteiger partial charge >= 0.3 is 6.18 Å². The molecule has 11 heteroatoms. The molecule has 5 aromatic rings. The number of halogens is 4. The normalized spacial score (nSPS) is 15.1. The maximum absolute atomic E-state index is 15.6. The second-order valence-corrected chi connectivity index (χ2v) is 11.4. The van der Waals surface area contributed by atoms with Crippen LogP contribution in [0.2, 0.25) is 0 Å². The van der Waals surface area contributed by atoms with E-state index < -0.39 is 34.4 Å². The monoisotopic (exact) mass is 606 g/mol. The molecule has 6 rings (SSSR count). The fourth-order valence-electron chi connectivity index (χ4n) is 5.56. The van der Waals surface area contributed by atoms with Crippen LogP contribution in [0.25, 0.3) is 22.4 Å². The summed E-state index contributed by atoms with van der Waals surface area (Å²) < 4.78 is 68.2. The van der Waals surface area contributed by atoms with Crippen molar-refractivity contribution < 1.29 is 26.8 Å². The van der Waals surface area contributed by atoms with Crippen molar-refractivity contribution in [1.29, 1.82) is 0 Å². The molecule has 1 atom stereocenters. The number of alkyl halides is 3. The van der Waals surface area contributed by atoms with Crippen LogP contribution < -0.4 is 10.3 Å². The molecule has 3 aromatic carbocycles. The molecule has 0 saturated carbocycles. The molecule has 1 saturated heterocycles. The minimum absolute atomic E-state index is 0.0399. The summed E-state index contributed by atoms with van der Waals surface area (Å²) in [6.45, 7) is 7.48. The maximum atomic E-state index is 15.6. The molecule has 2 aromatic heterocycles. The van der Waals surface area contributed by atoms with E-state index in [1.165, 1.54) is 18.2 Å². The zero-order valence-corrected chi connectivity index (χ0v) is 24.4. The second-order valence-electron chi connectivity index (χ2n) is 11.4. The Morgan fingerprint density at radius 2 is 1.61 bits per heavy atom. The largest absolute Gasteiger partial charge is 0.416 e. The molecule has 1 aliphatic heterocycles. The third kappa shape index (κ3) is 5.36. The Bertz CT molecular complexity index is 1860. The number of anilines is 1. The molecular weight excluding hydrogens is 576 g/mol. The van der Waals surface area contributed by atoms with Gasteiger partial charge in [0.15, 0.2) is 5.82 Å². The van der Waals surface area contributed by atoms with Crippen LogP contribution in [0.1, 0.15) is 49.3 Å². The van der Waals surface area contributed by atoms with E-state index in [4.69, 9.17) is 9.26 Å². The first-order valence-corrected chi connectivity index (χ1v) is 14.2. The van der Waals surface area contributed by atoms with Gasteiger partial charge in [-0.3, -0.25) is 4.79 Å². The molecule has 0 N–H and O–H groups in total. The summed E-state index contributed by atoms with van der Waals surface area (Å²) in [5, 5.41) is 4.27. The summed E-state index contributed by atoms with van der Waals surface area (Å²) in [6, 6.07) is 16.7. The van der Waals surface area contributed by atoms with Gasteiger partial charge < -0.3 is 18.7 Å². The standard InChI is InChI=1S/C33H30F4N4O3/c1-20(21-9-11-23(12-10-21)33(35,36)37)41-19-25(30-38-31(39-44-30)32(2,3)22-7-5-4-6-8-22)29(42)24-17-26(34)28(18-27(24)41)40-13-15-43-16-14-40/h4-12,17-20H,13-16H2,1-3H3. The van der Waals surface area contributed by atoms with Gasteiger partial charge in [0, 0.05) is 24.7 Å². The Morgan fingerprint density at radius 1 is 0.932 bits per heavy atom. The second kappa shape index (κ2) is 11.2. The van der Waals surface area contributed by atoms with Gasteiger partial charge in [-0.15, -0.1) is 0 Å². The number of ether oxygens (including phenoxy) is 1. The number of rotatable bonds is 6. The quantitative estimate of drug-likeness (QED) is 0.194. The average molecular weight is 607 g/mol. The third-order valence-electron chi connectivity index (χ3n) is 8.30. The van der Waals surface area contributed by atoms with Gasteiger partial charge in [0.1, 0.15) is 11.4 Å². The lowest BCUT2D eigenvalue weighted by Gasteiger charge is -2.30. The van der Waals surface area contributed by atoms with Crippen LogP contribution in [0, 0.1) is 5.82 Å². The molecule has 0 amide bonds. The van der Waals surface area contributed by atoms with Crippen LogP contribution in [-0.4, -0.2) is 41.0 Å². The molecule has 0 bridgehead atoms. The van der Waals surface area contributed by atoms with Crippen LogP contribution in [0.3, 0.4) is 0 Å². The lowest BCUT2D eigenvalue weighted by atomic mass is 9.84. The Morgan fingerprint density at radius 3 is 2.27 bits per heavy atom. The number of nitrogens with zero attached hydrogens (tertiary/aromatic N) is 4. The van der Waals surface area contributed by atoms with Crippen molar-refractivity contribution in [3.8, 4) is 11.5 Å². The molecule has 44 heavy (non-hydrogen) atoms. The van der Waals surface area contributed by atoms with Crippen LogP contribution in [0.4, 0.5) is 23.2 Å². The average Bonchev–Trinajstić information content (AvgIpc) is 3.53. The zero-order valence-electron chi connectivity index (χ0n) is 24.4. The van der Waals surface area contributed by atoms with E-state index >= 15 is 4.39 Å². The van der Waals surface area contributed by atoms with Gasteiger partial charge in [-0.1, -0.05) is 47.6 Å². The molecule has 0 aliphatic carbocycles. The number of pyridine rings is 1. The van der Waals surface area contributed by atoms with Crippen LogP contribution >= 0.6 is 0 Å². The van der Waals surface area contributed by atoms with E-state index in [9.17, 15) is 18.0 Å². The summed E-state index contributed by atoms with van der Waals surface area (Å²) in [6.07, 6.45) is -2.92. The van der Waals surface area contributed by atoms with Crippen molar-refractivity contribution in [2.75, 3.05) is 31.2 Å². The summed E-state index contributed by atoms with van der Waals surface area (Å²) in [5.74, 6) is -0.255. The lowest BCUT2D eigenvalue weighted by Crippen LogP contribution is -2.36. The molecule has 228 valence electrons. The van der Waals surface area contributed by atoms with E-state index in [0.29, 0.717) is 48.9 Å². The molecule has 0 spiro atoms. The van der Waals surface area contributed by atoms with Crippen LogP contribution in [0.15, 0.2) is 82.2 Å². The van der Waals surface area contributed by atoms with Crippen molar-refractivity contribution in [2.24, 2.45) is 0 Å². The highest BCUT2D eigenvalue weighted by molar-refractivity contribution is 5.86. The minimum atomic E-state index is -4.48. The summed E-state index contributed by atoms with van der Waals surface area (Å²) >= 11 is 0. The van der Waals surface area contributed by atoms with E-state index in [1.54, 1.807) is 23.8 Å². The SMILES string of the molecule is CC(c1ccc(C(F)(F)F)cc1)n1cc(-c2nc(C(C)(C)c3ccccc3)no2)c(=O)c2cc(F)c(N3CCOCC3)cc21. The summed E-state index contributed by atoms with van der Waals surface area (Å²) in [7, 11) is 0. The van der Waals surface area contributed by atoms with Gasteiger partial charge in [-0.25, -0.2) is 4.39 Å². The molecule has 3 heterocycles. The zero-order chi connectivity index (χ0) is 31.2. The van der Waals surface area contributed by atoms with E-state index in [1.807, 2.05) is 49.1 Å². The number of hydrogen-bond donors (Lipinski definition) is 0. The molecule has 0 radical (unpaired) electrons. The Labute approximate surface area is 250 Å². The van der Waals surface area contributed by atoms with E-state index in [0.717, 1.165) is 17.7 Å². The summed E-state index contributed by atoms with van der Waals surface area (Å²) in [5.41, 5.74) is 0.359. The Hall–Kier alpha value is -4.51. The first kappa shape index (κ1) is 29.6. The molecule has 7 nitrogen and oxygen atoms in total. The first-order valence-electron chi connectivity index (χ1n) is 14.2. The molecule has 1 fully saturated rings.